The predicted molar refractivity (Wildman–Crippen MR) is 92.9 cm³/mol. The molecular formula is C20H34O. The molecule has 21 heavy (non-hydrogen) atoms. The third kappa shape index (κ3) is 4.85. The monoisotopic (exact) mass is 290 g/mol. The maximum Gasteiger partial charge on any atom is 0.0927 e. The van der Waals surface area contributed by atoms with Gasteiger partial charge in [-0.2, -0.15) is 0 Å². The van der Waals surface area contributed by atoms with Crippen LogP contribution in [0.2, 0.25) is 0 Å². The van der Waals surface area contributed by atoms with Gasteiger partial charge in [0.2, 0.25) is 0 Å². The molecule has 1 aromatic rings. The minimum Gasteiger partial charge on any atom is -0.374 e. The summed E-state index contributed by atoms with van der Waals surface area (Å²) in [5.41, 5.74) is 2.85. The highest BCUT2D eigenvalue weighted by atomic mass is 16.5. The number of methoxy groups -OCH3 is 1. The van der Waals surface area contributed by atoms with Crippen molar-refractivity contribution in [3.8, 4) is 0 Å². The van der Waals surface area contributed by atoms with E-state index >= 15 is 0 Å². The highest BCUT2D eigenvalue weighted by Crippen LogP contribution is 2.37. The molecule has 0 saturated carbocycles. The molecule has 1 aromatic carbocycles. The first-order valence-electron chi connectivity index (χ1n) is 8.56. The van der Waals surface area contributed by atoms with Crippen LogP contribution < -0.4 is 0 Å². The van der Waals surface area contributed by atoms with Crippen LogP contribution in [0.5, 0.6) is 0 Å². The molecule has 0 fully saturated rings. The molecule has 0 bridgehead atoms. The molecule has 0 aliphatic rings. The highest BCUT2D eigenvalue weighted by Gasteiger charge is 2.31. The fourth-order valence-electron chi connectivity index (χ4n) is 2.93. The van der Waals surface area contributed by atoms with E-state index in [1.807, 2.05) is 7.11 Å². The van der Waals surface area contributed by atoms with Crippen molar-refractivity contribution in [2.45, 2.75) is 84.2 Å². The number of rotatable bonds is 8. The molecule has 1 rings (SSSR count). The number of unbranched alkanes of at least 4 members (excludes halogenated alkanes) is 2. The Labute approximate surface area is 132 Å². The Bertz CT molecular complexity index is 389. The zero-order valence-corrected chi connectivity index (χ0v) is 15.0. The quantitative estimate of drug-likeness (QED) is 0.553. The van der Waals surface area contributed by atoms with Crippen molar-refractivity contribution in [3.05, 3.63) is 35.4 Å². The second kappa shape index (κ2) is 7.98. The Kier molecular flexibility index (Phi) is 6.93. The van der Waals surface area contributed by atoms with Crippen molar-refractivity contribution < 1.29 is 4.74 Å². The van der Waals surface area contributed by atoms with Gasteiger partial charge in [0.05, 0.1) is 5.60 Å². The van der Waals surface area contributed by atoms with E-state index in [2.05, 4.69) is 58.9 Å². The molecule has 0 aliphatic carbocycles. The standard InChI is InChI=1S/C20H34O/c1-7-9-15-20(21-6,16-10-8-2)18-13-11-17(12-14-18)19(3,4)5/h11-14H,7-10,15-16H2,1-6H3. The van der Waals surface area contributed by atoms with Crippen LogP contribution in [0.25, 0.3) is 0 Å². The fraction of sp³-hybridized carbons (Fsp3) is 0.700. The van der Waals surface area contributed by atoms with Crippen LogP contribution in [0.15, 0.2) is 24.3 Å². The molecule has 1 nitrogen and oxygen atoms in total. The van der Waals surface area contributed by atoms with Crippen LogP contribution in [0.1, 0.15) is 84.3 Å². The maximum atomic E-state index is 6.05. The molecule has 1 heteroatoms. The molecule has 0 heterocycles. The van der Waals surface area contributed by atoms with Crippen molar-refractivity contribution >= 4 is 0 Å². The average Bonchev–Trinajstić information content (AvgIpc) is 2.47. The molecule has 0 spiro atoms. The minimum atomic E-state index is -0.0948. The minimum absolute atomic E-state index is 0.0948. The van der Waals surface area contributed by atoms with Crippen LogP contribution in [0.3, 0.4) is 0 Å². The lowest BCUT2D eigenvalue weighted by atomic mass is 9.81. The van der Waals surface area contributed by atoms with Gasteiger partial charge in [0.1, 0.15) is 0 Å². The van der Waals surface area contributed by atoms with Crippen molar-refractivity contribution in [2.24, 2.45) is 0 Å². The number of ether oxygens (including phenoxy) is 1. The molecule has 0 radical (unpaired) electrons. The molecule has 0 atom stereocenters. The smallest absolute Gasteiger partial charge is 0.0927 e. The van der Waals surface area contributed by atoms with Gasteiger partial charge < -0.3 is 4.74 Å². The topological polar surface area (TPSA) is 9.23 Å². The van der Waals surface area contributed by atoms with Crippen molar-refractivity contribution in [2.75, 3.05) is 7.11 Å². The van der Waals surface area contributed by atoms with Gasteiger partial charge in [-0.15, -0.1) is 0 Å². The van der Waals surface area contributed by atoms with Gasteiger partial charge in [-0.25, -0.2) is 0 Å². The van der Waals surface area contributed by atoms with Gasteiger partial charge in [0.25, 0.3) is 0 Å². The van der Waals surface area contributed by atoms with Gasteiger partial charge in [0.15, 0.2) is 0 Å². The largest absolute Gasteiger partial charge is 0.374 e. The summed E-state index contributed by atoms with van der Waals surface area (Å²) in [6, 6.07) is 9.13. The van der Waals surface area contributed by atoms with E-state index in [1.54, 1.807) is 0 Å². The van der Waals surface area contributed by atoms with Gasteiger partial charge in [0, 0.05) is 7.11 Å². The van der Waals surface area contributed by atoms with Crippen LogP contribution in [0, 0.1) is 0 Å². The van der Waals surface area contributed by atoms with E-state index in [9.17, 15) is 0 Å². The zero-order valence-electron chi connectivity index (χ0n) is 15.0. The first-order chi connectivity index (χ1) is 9.89. The third-order valence-electron chi connectivity index (χ3n) is 4.54. The van der Waals surface area contributed by atoms with E-state index in [1.165, 1.54) is 36.8 Å². The average molecular weight is 290 g/mol. The molecule has 0 aliphatic heterocycles. The molecule has 0 N–H and O–H groups in total. The second-order valence-corrected chi connectivity index (χ2v) is 7.23. The fourth-order valence-corrected chi connectivity index (χ4v) is 2.93. The van der Waals surface area contributed by atoms with Crippen molar-refractivity contribution in [1.82, 2.24) is 0 Å². The highest BCUT2D eigenvalue weighted by molar-refractivity contribution is 5.31. The van der Waals surface area contributed by atoms with E-state index in [0.717, 1.165) is 12.8 Å². The second-order valence-electron chi connectivity index (χ2n) is 7.23. The summed E-state index contributed by atoms with van der Waals surface area (Å²) in [4.78, 5) is 0. The Morgan fingerprint density at radius 1 is 0.810 bits per heavy atom. The Morgan fingerprint density at radius 3 is 1.57 bits per heavy atom. The van der Waals surface area contributed by atoms with Crippen molar-refractivity contribution in [1.29, 1.82) is 0 Å². The Hall–Kier alpha value is -0.820. The van der Waals surface area contributed by atoms with Crippen LogP contribution in [-0.2, 0) is 15.8 Å². The van der Waals surface area contributed by atoms with Gasteiger partial charge in [-0.3, -0.25) is 0 Å². The lowest BCUT2D eigenvalue weighted by Crippen LogP contribution is -2.29. The van der Waals surface area contributed by atoms with E-state index in [-0.39, 0.29) is 11.0 Å². The molecule has 0 unspecified atom stereocenters. The van der Waals surface area contributed by atoms with Crippen LogP contribution >= 0.6 is 0 Å². The maximum absolute atomic E-state index is 6.05. The zero-order chi connectivity index (χ0) is 15.9. The molecule has 0 saturated heterocycles. The lowest BCUT2D eigenvalue weighted by Gasteiger charge is -2.34. The summed E-state index contributed by atoms with van der Waals surface area (Å²) < 4.78 is 6.05. The normalized spacial score (nSPS) is 12.7. The number of hydrogen-bond donors (Lipinski definition) is 0. The third-order valence-corrected chi connectivity index (χ3v) is 4.54. The van der Waals surface area contributed by atoms with E-state index in [0.29, 0.717) is 0 Å². The van der Waals surface area contributed by atoms with Crippen LogP contribution in [0.4, 0.5) is 0 Å². The molecule has 0 amide bonds. The summed E-state index contributed by atoms with van der Waals surface area (Å²) >= 11 is 0. The van der Waals surface area contributed by atoms with Gasteiger partial charge >= 0.3 is 0 Å². The molecular weight excluding hydrogens is 256 g/mol. The lowest BCUT2D eigenvalue weighted by molar-refractivity contribution is -0.0328. The van der Waals surface area contributed by atoms with Gasteiger partial charge in [-0.1, -0.05) is 84.6 Å². The van der Waals surface area contributed by atoms with E-state index in [4.69, 9.17) is 4.74 Å². The Balaban J connectivity index is 3.06. The van der Waals surface area contributed by atoms with Crippen LogP contribution in [-0.4, -0.2) is 7.11 Å². The predicted octanol–water partition coefficient (Wildman–Crippen LogP) is 6.21. The molecule has 0 aromatic heterocycles. The first kappa shape index (κ1) is 18.2. The summed E-state index contributed by atoms with van der Waals surface area (Å²) in [6.45, 7) is 11.3. The van der Waals surface area contributed by atoms with E-state index < -0.39 is 0 Å². The van der Waals surface area contributed by atoms with Crippen molar-refractivity contribution in [3.63, 3.8) is 0 Å². The summed E-state index contributed by atoms with van der Waals surface area (Å²) in [6.07, 6.45) is 7.12. The summed E-state index contributed by atoms with van der Waals surface area (Å²) in [5, 5.41) is 0. The summed E-state index contributed by atoms with van der Waals surface area (Å²) in [5.74, 6) is 0. The first-order valence-corrected chi connectivity index (χ1v) is 8.56. The number of benzene rings is 1. The molecule has 120 valence electrons. The van der Waals surface area contributed by atoms with Gasteiger partial charge in [-0.05, 0) is 29.4 Å². The number of hydrogen-bond acceptors (Lipinski definition) is 1. The Morgan fingerprint density at radius 2 is 1.24 bits per heavy atom. The SMILES string of the molecule is CCCCC(CCCC)(OC)c1ccc(C(C)(C)C)cc1. The summed E-state index contributed by atoms with van der Waals surface area (Å²) in [7, 11) is 1.88.